The molecule has 0 atom stereocenters. The topological polar surface area (TPSA) is 6.48 Å². The van der Waals surface area contributed by atoms with E-state index in [1.54, 1.807) is 0 Å². The van der Waals surface area contributed by atoms with Crippen molar-refractivity contribution in [3.8, 4) is 100 Å². The molecule has 0 saturated carbocycles. The van der Waals surface area contributed by atoms with Gasteiger partial charge in [0.25, 0.3) is 0 Å². The lowest BCUT2D eigenvalue weighted by Gasteiger charge is -2.26. The quantitative estimate of drug-likeness (QED) is 0.101. The Morgan fingerprint density at radius 3 is 0.463 bits per heavy atom. The van der Waals surface area contributed by atoms with E-state index in [4.69, 9.17) is 0 Å². The van der Waals surface area contributed by atoms with Gasteiger partial charge in [0.2, 0.25) is 0 Å². The van der Waals surface area contributed by atoms with Crippen molar-refractivity contribution >= 4 is 77.2 Å². The second-order valence-electron chi connectivity index (χ2n) is 27.5. The molecular weight excluding hydrogens is 1300 g/mol. The highest BCUT2D eigenvalue weighted by atomic mass is 15.1. The third kappa shape index (κ3) is 13.6. The number of anilines is 6. The second-order valence-corrected chi connectivity index (χ2v) is 27.5. The van der Waals surface area contributed by atoms with Gasteiger partial charge in [0.15, 0.2) is 0 Å². The summed E-state index contributed by atoms with van der Waals surface area (Å²) in [6.45, 7) is 0. The Hall–Kier alpha value is -14.2. The van der Waals surface area contributed by atoms with Crippen LogP contribution in [0.3, 0.4) is 0 Å². The van der Waals surface area contributed by atoms with Gasteiger partial charge in [-0.1, -0.05) is 376 Å². The third-order valence-electron chi connectivity index (χ3n) is 21.0. The van der Waals surface area contributed by atoms with E-state index in [0.717, 1.165) is 34.1 Å². The number of nitrogens with zero attached hydrogens (tertiary/aromatic N) is 2. The number of benzene rings is 19. The molecule has 0 radical (unpaired) electrons. The highest BCUT2D eigenvalue weighted by Crippen LogP contribution is 2.43. The molecule has 0 aliphatic carbocycles. The van der Waals surface area contributed by atoms with Crippen LogP contribution in [-0.4, -0.2) is 0 Å². The van der Waals surface area contributed by atoms with Crippen molar-refractivity contribution in [1.29, 1.82) is 0 Å². The van der Waals surface area contributed by atoms with Crippen LogP contribution in [0.5, 0.6) is 0 Å². The third-order valence-corrected chi connectivity index (χ3v) is 21.0. The summed E-state index contributed by atoms with van der Waals surface area (Å²) in [5.74, 6) is 0. The average Bonchev–Trinajstić information content (AvgIpc) is 1.71. The van der Waals surface area contributed by atoms with Crippen LogP contribution in [0.2, 0.25) is 0 Å². The van der Waals surface area contributed by atoms with Gasteiger partial charge in [0.05, 0.1) is 0 Å². The zero-order valence-electron chi connectivity index (χ0n) is 59.6. The molecule has 19 aromatic carbocycles. The fraction of sp³-hybridized carbons (Fsp3) is 0. The maximum absolute atomic E-state index is 2.34. The van der Waals surface area contributed by atoms with Gasteiger partial charge in [-0.25, -0.2) is 0 Å². The van der Waals surface area contributed by atoms with Crippen LogP contribution in [0.1, 0.15) is 0 Å². The van der Waals surface area contributed by atoms with E-state index in [-0.39, 0.29) is 0 Å². The number of hydrogen-bond donors (Lipinski definition) is 0. The van der Waals surface area contributed by atoms with Crippen molar-refractivity contribution in [3.05, 3.63) is 449 Å². The van der Waals surface area contributed by atoms with Gasteiger partial charge in [0, 0.05) is 34.1 Å². The SMILES string of the molecule is c1ccc(-c2ccc(N(c3ccc(-c4ccc(-c5cccc6ccccc56)cc4)cc3)c3ccc(-c4ccc(-c5cccc6ccccc56)cc4)cc3)cc2)cc1.c1ccc(-c2ccc(N(c3ccc(-c4ccc(-c5cccc6ccccc56)cc4)cc3)c3ccc(-c4cccc5ccccc45)cc3)cc2)cc1. The molecule has 508 valence electrons. The molecule has 0 aromatic heterocycles. The molecule has 2 nitrogen and oxygen atoms in total. The molecule has 0 N–H and O–H groups in total. The Kier molecular flexibility index (Phi) is 18.2. The number of fused-ring (bicyclic) bond motifs is 4. The fourth-order valence-corrected chi connectivity index (χ4v) is 15.4. The van der Waals surface area contributed by atoms with Crippen LogP contribution < -0.4 is 9.80 Å². The first kappa shape index (κ1) is 65.8. The molecule has 0 spiro atoms. The van der Waals surface area contributed by atoms with E-state index in [0.29, 0.717) is 0 Å². The molecule has 0 saturated heterocycles. The first-order chi connectivity index (χ1) is 53.5. The van der Waals surface area contributed by atoms with Crippen LogP contribution in [-0.2, 0) is 0 Å². The zero-order valence-corrected chi connectivity index (χ0v) is 59.6. The molecule has 0 heterocycles. The monoisotopic (exact) mass is 1370 g/mol. The Morgan fingerprint density at radius 1 is 0.102 bits per heavy atom. The summed E-state index contributed by atoms with van der Waals surface area (Å²) >= 11 is 0. The normalized spacial score (nSPS) is 11.1. The van der Waals surface area contributed by atoms with Gasteiger partial charge in [-0.2, -0.15) is 0 Å². The summed E-state index contributed by atoms with van der Waals surface area (Å²) in [6, 6.07) is 162. The molecule has 0 amide bonds. The number of hydrogen-bond acceptors (Lipinski definition) is 2. The lowest BCUT2D eigenvalue weighted by molar-refractivity contribution is 1.28. The standard InChI is InChI=1S/C56H39N.C50H35N/c1-2-10-40(11-3-1)43-28-34-50(35-29-43)57(51-36-30-44(31-37-51)41-20-24-48(25-21-41)55-18-8-14-46-12-4-6-16-53(46)55)52-38-32-45(33-39-52)42-22-26-49(27-23-42)56-19-9-15-47-13-5-7-17-54(47)56;1-2-10-36(11-3-1)38-24-30-44(31-25-38)51(46-34-28-43(29-35-46)50-19-9-15-41-13-5-7-17-48(41)50)45-32-26-39(27-33-45)37-20-22-42(23-21-37)49-18-8-14-40-12-4-6-16-47(40)49/h1-39H;1-35H. The summed E-state index contributed by atoms with van der Waals surface area (Å²) < 4.78 is 0. The first-order valence-electron chi connectivity index (χ1n) is 37.1. The van der Waals surface area contributed by atoms with E-state index in [9.17, 15) is 0 Å². The summed E-state index contributed by atoms with van der Waals surface area (Å²) in [4.78, 5) is 4.69. The van der Waals surface area contributed by atoms with E-state index >= 15 is 0 Å². The Balaban J connectivity index is 0.000000153. The first-order valence-corrected chi connectivity index (χ1v) is 37.1. The van der Waals surface area contributed by atoms with Gasteiger partial charge >= 0.3 is 0 Å². The van der Waals surface area contributed by atoms with Crippen LogP contribution in [0.25, 0.3) is 143 Å². The maximum Gasteiger partial charge on any atom is 0.0462 e. The average molecular weight is 1380 g/mol. The molecule has 0 fully saturated rings. The Morgan fingerprint density at radius 2 is 0.250 bits per heavy atom. The molecule has 19 rings (SSSR count). The molecule has 19 aromatic rings. The van der Waals surface area contributed by atoms with Crippen LogP contribution in [0.15, 0.2) is 449 Å². The molecular formula is C106H74N2. The van der Waals surface area contributed by atoms with Crippen LogP contribution >= 0.6 is 0 Å². The van der Waals surface area contributed by atoms with Gasteiger partial charge in [-0.3, -0.25) is 0 Å². The highest BCUT2D eigenvalue weighted by molar-refractivity contribution is 6.01. The van der Waals surface area contributed by atoms with Gasteiger partial charge in [-0.15, -0.1) is 0 Å². The van der Waals surface area contributed by atoms with Crippen molar-refractivity contribution in [2.45, 2.75) is 0 Å². The van der Waals surface area contributed by atoms with Crippen molar-refractivity contribution in [2.24, 2.45) is 0 Å². The molecule has 0 aliphatic heterocycles. The largest absolute Gasteiger partial charge is 0.311 e. The van der Waals surface area contributed by atoms with Crippen LogP contribution in [0, 0.1) is 0 Å². The minimum Gasteiger partial charge on any atom is -0.311 e. The van der Waals surface area contributed by atoms with Crippen molar-refractivity contribution < 1.29 is 0 Å². The predicted molar refractivity (Wildman–Crippen MR) is 461 cm³/mol. The predicted octanol–water partition coefficient (Wildman–Crippen LogP) is 29.9. The molecule has 0 unspecified atom stereocenters. The molecule has 0 bridgehead atoms. The van der Waals surface area contributed by atoms with Gasteiger partial charge in [0.1, 0.15) is 0 Å². The highest BCUT2D eigenvalue weighted by Gasteiger charge is 2.18. The smallest absolute Gasteiger partial charge is 0.0462 e. The maximum atomic E-state index is 2.34. The Labute approximate surface area is 631 Å². The van der Waals surface area contributed by atoms with E-state index in [1.807, 2.05) is 0 Å². The molecule has 2 heteroatoms. The molecule has 108 heavy (non-hydrogen) atoms. The van der Waals surface area contributed by atoms with E-state index < -0.39 is 0 Å². The summed E-state index contributed by atoms with van der Waals surface area (Å²) in [5.41, 5.74) is 28.5. The zero-order chi connectivity index (χ0) is 72.0. The lowest BCUT2D eigenvalue weighted by Crippen LogP contribution is -2.09. The van der Waals surface area contributed by atoms with Gasteiger partial charge < -0.3 is 9.80 Å². The van der Waals surface area contributed by atoms with Gasteiger partial charge in [-0.05, 0) is 216 Å². The van der Waals surface area contributed by atoms with Crippen molar-refractivity contribution in [1.82, 2.24) is 0 Å². The number of rotatable bonds is 15. The Bertz CT molecular complexity index is 6130. The van der Waals surface area contributed by atoms with Crippen LogP contribution in [0.4, 0.5) is 34.1 Å². The minimum absolute atomic E-state index is 1.10. The summed E-state index contributed by atoms with van der Waals surface area (Å²) in [7, 11) is 0. The van der Waals surface area contributed by atoms with E-state index in [1.165, 1.54) is 143 Å². The fourth-order valence-electron chi connectivity index (χ4n) is 15.4. The molecule has 0 aliphatic rings. The second kappa shape index (κ2) is 29.9. The van der Waals surface area contributed by atoms with E-state index in [2.05, 4.69) is 459 Å². The van der Waals surface area contributed by atoms with Crippen molar-refractivity contribution in [3.63, 3.8) is 0 Å². The summed E-state index contributed by atoms with van der Waals surface area (Å²) in [5, 5.41) is 10.1. The van der Waals surface area contributed by atoms with Crippen molar-refractivity contribution in [2.75, 3.05) is 9.80 Å². The lowest BCUT2D eigenvalue weighted by atomic mass is 9.96. The summed E-state index contributed by atoms with van der Waals surface area (Å²) in [6.07, 6.45) is 0. The minimum atomic E-state index is 1.10.